The van der Waals surface area contributed by atoms with Crippen LogP contribution in [0.5, 0.6) is 0 Å². The molecule has 1 rings (SSSR count). The zero-order valence-corrected chi connectivity index (χ0v) is 9.49. The van der Waals surface area contributed by atoms with E-state index in [0.29, 0.717) is 0 Å². The Bertz CT molecular complexity index is 393. The average Bonchev–Trinajstić information content (AvgIpc) is 2.27. The third-order valence-corrected chi connectivity index (χ3v) is 2.25. The number of aliphatic carboxylic acids is 1. The Labute approximate surface area is 96.3 Å². The van der Waals surface area contributed by atoms with Gasteiger partial charge in [0, 0.05) is 5.56 Å². The molecule has 0 fully saturated rings. The third-order valence-electron chi connectivity index (χ3n) is 2.25. The molecule has 2 nitrogen and oxygen atoms in total. The Morgan fingerprint density at radius 3 is 2.56 bits per heavy atom. The van der Waals surface area contributed by atoms with E-state index in [-0.39, 0.29) is 6.42 Å². The SMILES string of the molecule is CCCCc1ccc(C#CCC(=O)O)cc1. The first-order chi connectivity index (χ1) is 7.72. The molecule has 0 aliphatic rings. The van der Waals surface area contributed by atoms with E-state index in [1.807, 2.05) is 12.1 Å². The number of carbonyl (C=O) groups is 1. The summed E-state index contributed by atoms with van der Waals surface area (Å²) in [6.45, 7) is 2.17. The molecule has 0 saturated heterocycles. The van der Waals surface area contributed by atoms with Crippen molar-refractivity contribution in [3.8, 4) is 11.8 Å². The second-order valence-corrected chi connectivity index (χ2v) is 3.67. The van der Waals surface area contributed by atoms with Crippen LogP contribution in [0, 0.1) is 11.8 Å². The topological polar surface area (TPSA) is 37.3 Å². The predicted octanol–water partition coefficient (Wildman–Crippen LogP) is 2.86. The molecule has 0 unspecified atom stereocenters. The molecule has 0 atom stereocenters. The van der Waals surface area contributed by atoms with Crippen LogP contribution >= 0.6 is 0 Å². The first kappa shape index (κ1) is 12.3. The van der Waals surface area contributed by atoms with Gasteiger partial charge in [-0.3, -0.25) is 4.79 Å². The van der Waals surface area contributed by atoms with E-state index in [2.05, 4.69) is 30.9 Å². The highest BCUT2D eigenvalue weighted by atomic mass is 16.4. The molecular weight excluding hydrogens is 200 g/mol. The molecule has 1 N–H and O–H groups in total. The van der Waals surface area contributed by atoms with E-state index in [1.54, 1.807) is 0 Å². The Morgan fingerprint density at radius 1 is 1.31 bits per heavy atom. The molecule has 1 aromatic carbocycles. The van der Waals surface area contributed by atoms with Crippen LogP contribution in [0.2, 0.25) is 0 Å². The van der Waals surface area contributed by atoms with Crippen LogP contribution in [0.3, 0.4) is 0 Å². The van der Waals surface area contributed by atoms with Gasteiger partial charge >= 0.3 is 5.97 Å². The smallest absolute Gasteiger partial charge is 0.315 e. The third kappa shape index (κ3) is 4.65. The first-order valence-electron chi connectivity index (χ1n) is 5.52. The molecule has 16 heavy (non-hydrogen) atoms. The number of aryl methyl sites for hydroxylation is 1. The molecule has 0 saturated carbocycles. The van der Waals surface area contributed by atoms with Crippen LogP contribution < -0.4 is 0 Å². The van der Waals surface area contributed by atoms with Gasteiger partial charge in [-0.05, 0) is 30.5 Å². The van der Waals surface area contributed by atoms with Gasteiger partial charge in [0.05, 0.1) is 0 Å². The van der Waals surface area contributed by atoms with Gasteiger partial charge in [-0.25, -0.2) is 0 Å². The van der Waals surface area contributed by atoms with E-state index in [0.717, 1.165) is 12.0 Å². The minimum atomic E-state index is -0.882. The second-order valence-electron chi connectivity index (χ2n) is 3.67. The van der Waals surface area contributed by atoms with Gasteiger partial charge in [0.2, 0.25) is 0 Å². The van der Waals surface area contributed by atoms with Gasteiger partial charge in [0.25, 0.3) is 0 Å². The van der Waals surface area contributed by atoms with E-state index in [4.69, 9.17) is 5.11 Å². The van der Waals surface area contributed by atoms with Crippen LogP contribution in [-0.4, -0.2) is 11.1 Å². The summed E-state index contributed by atoms with van der Waals surface area (Å²) in [5, 5.41) is 8.43. The summed E-state index contributed by atoms with van der Waals surface area (Å²) in [6, 6.07) is 8.00. The van der Waals surface area contributed by atoms with Gasteiger partial charge in [-0.15, -0.1) is 0 Å². The van der Waals surface area contributed by atoms with Crippen molar-refractivity contribution in [3.63, 3.8) is 0 Å². The number of hydrogen-bond donors (Lipinski definition) is 1. The average molecular weight is 216 g/mol. The van der Waals surface area contributed by atoms with Gasteiger partial charge < -0.3 is 5.11 Å². The van der Waals surface area contributed by atoms with Crippen molar-refractivity contribution in [2.45, 2.75) is 32.6 Å². The fourth-order valence-electron chi connectivity index (χ4n) is 1.36. The maximum atomic E-state index is 10.3. The lowest BCUT2D eigenvalue weighted by Gasteiger charge is -1.99. The second kappa shape index (κ2) is 6.68. The van der Waals surface area contributed by atoms with Crippen molar-refractivity contribution in [1.82, 2.24) is 0 Å². The lowest BCUT2D eigenvalue weighted by Crippen LogP contribution is -1.90. The standard InChI is InChI=1S/C14H16O2/c1-2-3-5-12-8-10-13(11-9-12)6-4-7-14(15)16/h8-11H,2-3,5,7H2,1H3,(H,15,16). The fraction of sp³-hybridized carbons (Fsp3) is 0.357. The van der Waals surface area contributed by atoms with Crippen LogP contribution in [0.15, 0.2) is 24.3 Å². The van der Waals surface area contributed by atoms with Crippen LogP contribution in [0.25, 0.3) is 0 Å². The highest BCUT2D eigenvalue weighted by Gasteiger charge is 1.93. The van der Waals surface area contributed by atoms with Gasteiger partial charge in [-0.1, -0.05) is 37.3 Å². The molecule has 0 aliphatic heterocycles. The molecule has 1 aromatic rings. The Balaban J connectivity index is 2.56. The Morgan fingerprint density at radius 2 is 2.00 bits per heavy atom. The summed E-state index contributed by atoms with van der Waals surface area (Å²) in [7, 11) is 0. The summed E-state index contributed by atoms with van der Waals surface area (Å²) in [5.41, 5.74) is 2.19. The highest BCUT2D eigenvalue weighted by Crippen LogP contribution is 2.07. The number of carboxylic acids is 1. The summed E-state index contributed by atoms with van der Waals surface area (Å²) < 4.78 is 0. The lowest BCUT2D eigenvalue weighted by molar-refractivity contribution is -0.135. The minimum Gasteiger partial charge on any atom is -0.481 e. The van der Waals surface area contributed by atoms with Crippen molar-refractivity contribution in [2.24, 2.45) is 0 Å². The normalized spacial score (nSPS) is 9.31. The van der Waals surface area contributed by atoms with Crippen molar-refractivity contribution in [2.75, 3.05) is 0 Å². The monoisotopic (exact) mass is 216 g/mol. The van der Waals surface area contributed by atoms with E-state index >= 15 is 0 Å². The van der Waals surface area contributed by atoms with Gasteiger partial charge in [-0.2, -0.15) is 0 Å². The number of carboxylic acid groups (broad SMARTS) is 1. The number of unbranched alkanes of at least 4 members (excludes halogenated alkanes) is 1. The predicted molar refractivity (Wildman–Crippen MR) is 64.2 cm³/mol. The summed E-state index contributed by atoms with van der Waals surface area (Å²) in [4.78, 5) is 10.3. The van der Waals surface area contributed by atoms with Crippen LogP contribution in [0.1, 0.15) is 37.3 Å². The summed E-state index contributed by atoms with van der Waals surface area (Å²) in [5.74, 6) is 4.56. The molecular formula is C14H16O2. The van der Waals surface area contributed by atoms with Crippen molar-refractivity contribution >= 4 is 5.97 Å². The maximum absolute atomic E-state index is 10.3. The van der Waals surface area contributed by atoms with Crippen LogP contribution in [-0.2, 0) is 11.2 Å². The number of hydrogen-bond acceptors (Lipinski definition) is 1. The van der Waals surface area contributed by atoms with Crippen LogP contribution in [0.4, 0.5) is 0 Å². The van der Waals surface area contributed by atoms with Crippen molar-refractivity contribution in [1.29, 1.82) is 0 Å². The molecule has 2 heteroatoms. The molecule has 0 heterocycles. The molecule has 0 radical (unpaired) electrons. The zero-order chi connectivity index (χ0) is 11.8. The van der Waals surface area contributed by atoms with Crippen molar-refractivity contribution in [3.05, 3.63) is 35.4 Å². The van der Waals surface area contributed by atoms with E-state index in [1.165, 1.54) is 18.4 Å². The Kier molecular flexibility index (Phi) is 5.15. The number of rotatable bonds is 4. The summed E-state index contributed by atoms with van der Waals surface area (Å²) >= 11 is 0. The molecule has 0 bridgehead atoms. The van der Waals surface area contributed by atoms with E-state index in [9.17, 15) is 4.79 Å². The zero-order valence-electron chi connectivity index (χ0n) is 9.49. The quantitative estimate of drug-likeness (QED) is 0.786. The Hall–Kier alpha value is -1.75. The highest BCUT2D eigenvalue weighted by molar-refractivity contribution is 5.70. The molecule has 0 aliphatic carbocycles. The first-order valence-corrected chi connectivity index (χ1v) is 5.52. The molecule has 84 valence electrons. The molecule has 0 amide bonds. The van der Waals surface area contributed by atoms with Gasteiger partial charge in [0.1, 0.15) is 6.42 Å². The lowest BCUT2D eigenvalue weighted by atomic mass is 10.1. The van der Waals surface area contributed by atoms with E-state index < -0.39 is 5.97 Å². The van der Waals surface area contributed by atoms with Crippen molar-refractivity contribution < 1.29 is 9.90 Å². The largest absolute Gasteiger partial charge is 0.481 e. The molecule has 0 spiro atoms. The van der Waals surface area contributed by atoms with Gasteiger partial charge in [0.15, 0.2) is 0 Å². The maximum Gasteiger partial charge on any atom is 0.315 e. The summed E-state index contributed by atoms with van der Waals surface area (Å²) in [6.07, 6.45) is 3.39. The molecule has 0 aromatic heterocycles. The number of benzene rings is 1. The fourth-order valence-corrected chi connectivity index (χ4v) is 1.36. The minimum absolute atomic E-state index is 0.0996.